The van der Waals surface area contributed by atoms with Gasteiger partial charge in [0.25, 0.3) is 5.56 Å². The summed E-state index contributed by atoms with van der Waals surface area (Å²) in [6.07, 6.45) is 3.69. The summed E-state index contributed by atoms with van der Waals surface area (Å²) in [5.41, 5.74) is 3.13. The van der Waals surface area contributed by atoms with E-state index in [4.69, 9.17) is 0 Å². The van der Waals surface area contributed by atoms with Crippen molar-refractivity contribution >= 4 is 29.0 Å². The first-order valence-corrected chi connectivity index (χ1v) is 9.61. The van der Waals surface area contributed by atoms with Gasteiger partial charge in [-0.25, -0.2) is 4.98 Å². The zero-order valence-electron chi connectivity index (χ0n) is 14.4. The van der Waals surface area contributed by atoms with Crippen LogP contribution in [0.15, 0.2) is 58.4 Å². The molecule has 1 saturated carbocycles. The molecule has 0 spiro atoms. The number of pyridine rings is 1. The molecule has 132 valence electrons. The molecule has 1 N–H and O–H groups in total. The number of fused-ring (bicyclic) bond motifs is 1. The maximum atomic E-state index is 12.3. The van der Waals surface area contributed by atoms with Crippen molar-refractivity contribution in [2.45, 2.75) is 30.4 Å². The predicted molar refractivity (Wildman–Crippen MR) is 104 cm³/mol. The molecule has 5 nitrogen and oxygen atoms in total. The van der Waals surface area contributed by atoms with E-state index in [1.54, 1.807) is 28.4 Å². The first-order valence-electron chi connectivity index (χ1n) is 8.62. The van der Waals surface area contributed by atoms with Crippen LogP contribution in [0, 0.1) is 12.8 Å². The Balaban J connectivity index is 1.56. The number of carbonyl (C=O) groups is 1. The third kappa shape index (κ3) is 3.51. The fourth-order valence-electron chi connectivity index (χ4n) is 2.81. The Morgan fingerprint density at radius 2 is 2.08 bits per heavy atom. The van der Waals surface area contributed by atoms with E-state index in [1.807, 2.05) is 43.3 Å². The first-order chi connectivity index (χ1) is 12.6. The maximum absolute atomic E-state index is 12.3. The van der Waals surface area contributed by atoms with Gasteiger partial charge >= 0.3 is 0 Å². The molecule has 1 aromatic carbocycles. The van der Waals surface area contributed by atoms with Gasteiger partial charge < -0.3 is 5.32 Å². The molecule has 0 aliphatic heterocycles. The van der Waals surface area contributed by atoms with Crippen LogP contribution in [-0.2, 0) is 10.5 Å². The molecule has 2 heterocycles. The van der Waals surface area contributed by atoms with Crippen molar-refractivity contribution in [2.75, 3.05) is 5.32 Å². The molecular weight excluding hydrogens is 346 g/mol. The lowest BCUT2D eigenvalue weighted by molar-refractivity contribution is -0.117. The van der Waals surface area contributed by atoms with Crippen LogP contribution in [0.2, 0.25) is 0 Å². The average Bonchev–Trinajstić information content (AvgIpc) is 3.47. The Bertz CT molecular complexity index is 1040. The summed E-state index contributed by atoms with van der Waals surface area (Å²) in [6.45, 7) is 1.95. The highest BCUT2D eigenvalue weighted by atomic mass is 32.2. The lowest BCUT2D eigenvalue weighted by atomic mass is 10.3. The van der Waals surface area contributed by atoms with E-state index in [1.165, 1.54) is 0 Å². The second-order valence-electron chi connectivity index (χ2n) is 6.52. The molecule has 1 amide bonds. The van der Waals surface area contributed by atoms with Crippen LogP contribution in [0.5, 0.6) is 0 Å². The van der Waals surface area contributed by atoms with Crippen molar-refractivity contribution in [1.29, 1.82) is 0 Å². The molecule has 26 heavy (non-hydrogen) atoms. The molecule has 3 aromatic rings. The number of amides is 1. The van der Waals surface area contributed by atoms with E-state index in [0.717, 1.165) is 34.7 Å². The summed E-state index contributed by atoms with van der Waals surface area (Å²) in [4.78, 5) is 30.0. The minimum absolute atomic E-state index is 0.0791. The number of benzene rings is 1. The van der Waals surface area contributed by atoms with Crippen molar-refractivity contribution in [2.24, 2.45) is 5.92 Å². The summed E-state index contributed by atoms with van der Waals surface area (Å²) in [6, 6.07) is 13.1. The van der Waals surface area contributed by atoms with Crippen LogP contribution >= 0.6 is 11.8 Å². The van der Waals surface area contributed by atoms with Crippen molar-refractivity contribution in [3.63, 3.8) is 0 Å². The highest BCUT2D eigenvalue weighted by molar-refractivity contribution is 7.98. The van der Waals surface area contributed by atoms with E-state index < -0.39 is 0 Å². The smallest absolute Gasteiger partial charge is 0.258 e. The Kier molecular flexibility index (Phi) is 4.51. The quantitative estimate of drug-likeness (QED) is 0.701. The average molecular weight is 365 g/mol. The lowest BCUT2D eigenvalue weighted by Gasteiger charge is -2.11. The number of carbonyl (C=O) groups excluding carboxylic acids is 1. The molecule has 0 bridgehead atoms. The lowest BCUT2D eigenvalue weighted by Crippen LogP contribution is -2.16. The SMILES string of the molecule is Cc1cccn2c(=O)cc(CSc3ccccc3NC(=O)C3CC3)nc12. The second kappa shape index (κ2) is 6.96. The van der Waals surface area contributed by atoms with Crippen molar-refractivity contribution in [1.82, 2.24) is 9.38 Å². The van der Waals surface area contributed by atoms with Crippen molar-refractivity contribution in [3.8, 4) is 0 Å². The third-order valence-electron chi connectivity index (χ3n) is 4.41. The van der Waals surface area contributed by atoms with Gasteiger partial charge in [-0.3, -0.25) is 14.0 Å². The van der Waals surface area contributed by atoms with Gasteiger partial charge in [0, 0.05) is 28.8 Å². The third-order valence-corrected chi connectivity index (χ3v) is 5.52. The van der Waals surface area contributed by atoms with Crippen LogP contribution in [0.1, 0.15) is 24.1 Å². The summed E-state index contributed by atoms with van der Waals surface area (Å²) in [5.74, 6) is 0.824. The predicted octanol–water partition coefficient (Wildman–Crippen LogP) is 3.64. The molecule has 4 rings (SSSR count). The standard InChI is InChI=1S/C20H19N3O2S/c1-13-5-4-10-23-18(24)11-15(21-19(13)23)12-26-17-7-3-2-6-16(17)22-20(25)14-8-9-14/h2-7,10-11,14H,8-9,12H2,1H3,(H,22,25). The number of rotatable bonds is 5. The van der Waals surface area contributed by atoms with Gasteiger partial charge in [-0.1, -0.05) is 18.2 Å². The van der Waals surface area contributed by atoms with Crippen LogP contribution in [-0.4, -0.2) is 15.3 Å². The van der Waals surface area contributed by atoms with Crippen molar-refractivity contribution < 1.29 is 4.79 Å². The molecule has 0 atom stereocenters. The second-order valence-corrected chi connectivity index (χ2v) is 7.54. The van der Waals surface area contributed by atoms with Crippen LogP contribution < -0.4 is 10.9 Å². The summed E-state index contributed by atoms with van der Waals surface area (Å²) < 4.78 is 1.56. The van der Waals surface area contributed by atoms with E-state index in [0.29, 0.717) is 11.4 Å². The van der Waals surface area contributed by atoms with E-state index in [2.05, 4.69) is 10.3 Å². The van der Waals surface area contributed by atoms with Gasteiger partial charge in [0.2, 0.25) is 5.91 Å². The summed E-state index contributed by atoms with van der Waals surface area (Å²) in [7, 11) is 0. The fourth-order valence-corrected chi connectivity index (χ4v) is 3.71. The monoisotopic (exact) mass is 365 g/mol. The number of hydrogen-bond acceptors (Lipinski definition) is 4. The molecule has 0 unspecified atom stereocenters. The summed E-state index contributed by atoms with van der Waals surface area (Å²) in [5, 5.41) is 3.01. The molecular formula is C20H19N3O2S. The van der Waals surface area contributed by atoms with Crippen molar-refractivity contribution in [3.05, 3.63) is 70.3 Å². The summed E-state index contributed by atoms with van der Waals surface area (Å²) >= 11 is 1.57. The minimum atomic E-state index is -0.0791. The van der Waals surface area contributed by atoms with Gasteiger partial charge in [0.15, 0.2) is 0 Å². The number of nitrogens with one attached hydrogen (secondary N) is 1. The zero-order valence-corrected chi connectivity index (χ0v) is 15.3. The highest BCUT2D eigenvalue weighted by Crippen LogP contribution is 2.33. The maximum Gasteiger partial charge on any atom is 0.258 e. The number of thioether (sulfide) groups is 1. The van der Waals surface area contributed by atoms with Gasteiger partial charge in [-0.2, -0.15) is 0 Å². The molecule has 2 aromatic heterocycles. The van der Waals surface area contributed by atoms with Gasteiger partial charge in [-0.05, 0) is 43.5 Å². The number of aryl methyl sites for hydroxylation is 1. The minimum Gasteiger partial charge on any atom is -0.325 e. The number of anilines is 1. The van der Waals surface area contributed by atoms with Crippen LogP contribution in [0.25, 0.3) is 5.65 Å². The van der Waals surface area contributed by atoms with Gasteiger partial charge in [0.05, 0.1) is 11.4 Å². The first kappa shape index (κ1) is 16.8. The largest absolute Gasteiger partial charge is 0.325 e. The normalized spacial score (nSPS) is 13.7. The molecule has 1 aliphatic rings. The molecule has 0 radical (unpaired) electrons. The van der Waals surface area contributed by atoms with Gasteiger partial charge in [0.1, 0.15) is 5.65 Å². The van der Waals surface area contributed by atoms with Crippen LogP contribution in [0.4, 0.5) is 5.69 Å². The highest BCUT2D eigenvalue weighted by Gasteiger charge is 2.29. The Hall–Kier alpha value is -2.60. The topological polar surface area (TPSA) is 63.5 Å². The molecule has 6 heteroatoms. The Morgan fingerprint density at radius 1 is 1.27 bits per heavy atom. The number of para-hydroxylation sites is 1. The Labute approximate surface area is 155 Å². The van der Waals surface area contributed by atoms with E-state index in [-0.39, 0.29) is 17.4 Å². The fraction of sp³-hybridized carbons (Fsp3) is 0.250. The van der Waals surface area contributed by atoms with E-state index in [9.17, 15) is 9.59 Å². The number of aromatic nitrogens is 2. The zero-order chi connectivity index (χ0) is 18.1. The molecule has 1 fully saturated rings. The molecule has 0 saturated heterocycles. The molecule has 1 aliphatic carbocycles. The van der Waals surface area contributed by atoms with Gasteiger partial charge in [-0.15, -0.1) is 11.8 Å². The van der Waals surface area contributed by atoms with E-state index >= 15 is 0 Å². The number of hydrogen-bond donors (Lipinski definition) is 1. The van der Waals surface area contributed by atoms with Crippen LogP contribution in [0.3, 0.4) is 0 Å². The Morgan fingerprint density at radius 3 is 2.88 bits per heavy atom. The number of nitrogens with zero attached hydrogens (tertiary/aromatic N) is 2.